The van der Waals surface area contributed by atoms with E-state index >= 15 is 0 Å². The molecule has 0 aromatic heterocycles. The first-order valence-electron chi connectivity index (χ1n) is 7.24. The van der Waals surface area contributed by atoms with Crippen LogP contribution >= 0.6 is 0 Å². The maximum absolute atomic E-state index is 13.8. The SMILES string of the molecule is Cc1cccc(OCC2CCC3(CCCC3)O2)c1F. The van der Waals surface area contributed by atoms with E-state index in [1.807, 2.05) is 6.07 Å². The zero-order valence-electron chi connectivity index (χ0n) is 11.5. The molecule has 2 nitrogen and oxygen atoms in total. The number of rotatable bonds is 3. The standard InChI is InChI=1S/C16H21FO2/c1-12-5-4-6-14(15(12)17)18-11-13-7-10-16(19-13)8-2-3-9-16/h4-6,13H,2-3,7-11H2,1H3. The summed E-state index contributed by atoms with van der Waals surface area (Å²) < 4.78 is 25.6. The van der Waals surface area contributed by atoms with Crippen LogP contribution in [0, 0.1) is 12.7 Å². The summed E-state index contributed by atoms with van der Waals surface area (Å²) in [6.07, 6.45) is 7.22. The van der Waals surface area contributed by atoms with Gasteiger partial charge in [0.1, 0.15) is 6.61 Å². The zero-order valence-corrected chi connectivity index (χ0v) is 11.5. The molecule has 3 rings (SSSR count). The first-order chi connectivity index (χ1) is 9.19. The second-order valence-corrected chi connectivity index (χ2v) is 5.87. The van der Waals surface area contributed by atoms with Gasteiger partial charge in [0, 0.05) is 0 Å². The van der Waals surface area contributed by atoms with Crippen molar-refractivity contribution in [1.29, 1.82) is 0 Å². The van der Waals surface area contributed by atoms with Crippen LogP contribution in [-0.2, 0) is 4.74 Å². The summed E-state index contributed by atoms with van der Waals surface area (Å²) in [6, 6.07) is 5.26. The molecular weight excluding hydrogens is 243 g/mol. The van der Waals surface area contributed by atoms with E-state index in [1.165, 1.54) is 25.7 Å². The van der Waals surface area contributed by atoms with Gasteiger partial charge in [0.15, 0.2) is 11.6 Å². The topological polar surface area (TPSA) is 18.5 Å². The molecule has 1 atom stereocenters. The van der Waals surface area contributed by atoms with Gasteiger partial charge in [-0.15, -0.1) is 0 Å². The van der Waals surface area contributed by atoms with Crippen molar-refractivity contribution < 1.29 is 13.9 Å². The number of hydrogen-bond donors (Lipinski definition) is 0. The van der Waals surface area contributed by atoms with E-state index in [-0.39, 0.29) is 17.5 Å². The Morgan fingerprint density at radius 1 is 1.32 bits per heavy atom. The molecule has 0 radical (unpaired) electrons. The van der Waals surface area contributed by atoms with Gasteiger partial charge in [-0.05, 0) is 44.2 Å². The molecule has 0 bridgehead atoms. The molecular formula is C16H21FO2. The molecule has 1 aliphatic heterocycles. The molecule has 104 valence electrons. The van der Waals surface area contributed by atoms with Gasteiger partial charge >= 0.3 is 0 Å². The Labute approximate surface area is 113 Å². The third kappa shape index (κ3) is 2.62. The number of benzene rings is 1. The van der Waals surface area contributed by atoms with Crippen molar-refractivity contribution in [2.24, 2.45) is 0 Å². The molecule has 0 N–H and O–H groups in total. The van der Waals surface area contributed by atoms with E-state index in [0.717, 1.165) is 12.8 Å². The molecule has 3 heteroatoms. The van der Waals surface area contributed by atoms with Crippen molar-refractivity contribution >= 4 is 0 Å². The highest BCUT2D eigenvalue weighted by Gasteiger charge is 2.42. The summed E-state index contributed by atoms with van der Waals surface area (Å²) in [4.78, 5) is 0. The Bertz CT molecular complexity index is 452. The van der Waals surface area contributed by atoms with Crippen LogP contribution in [0.25, 0.3) is 0 Å². The molecule has 1 aromatic carbocycles. The summed E-state index contributed by atoms with van der Waals surface area (Å²) in [5.74, 6) is 0.0899. The second-order valence-electron chi connectivity index (χ2n) is 5.87. The van der Waals surface area contributed by atoms with Gasteiger partial charge in [0.05, 0.1) is 11.7 Å². The molecule has 2 fully saturated rings. The zero-order chi connectivity index (χ0) is 13.3. The largest absolute Gasteiger partial charge is 0.488 e. The lowest BCUT2D eigenvalue weighted by molar-refractivity contribution is -0.0512. The Balaban J connectivity index is 1.57. The molecule has 1 aromatic rings. The fourth-order valence-electron chi connectivity index (χ4n) is 3.31. The molecule has 2 aliphatic rings. The van der Waals surface area contributed by atoms with Crippen LogP contribution in [-0.4, -0.2) is 18.3 Å². The molecule has 1 aliphatic carbocycles. The van der Waals surface area contributed by atoms with E-state index in [1.54, 1.807) is 19.1 Å². The summed E-state index contributed by atoms with van der Waals surface area (Å²) in [7, 11) is 0. The normalized spacial score (nSPS) is 25.1. The van der Waals surface area contributed by atoms with Crippen LogP contribution in [0.5, 0.6) is 5.75 Å². The predicted octanol–water partition coefficient (Wildman–Crippen LogP) is 4.00. The van der Waals surface area contributed by atoms with E-state index in [9.17, 15) is 4.39 Å². The van der Waals surface area contributed by atoms with E-state index in [2.05, 4.69) is 0 Å². The van der Waals surface area contributed by atoms with Crippen LogP contribution in [0.15, 0.2) is 18.2 Å². The van der Waals surface area contributed by atoms with E-state index in [4.69, 9.17) is 9.47 Å². The minimum absolute atomic E-state index is 0.123. The number of aryl methyl sites for hydroxylation is 1. The van der Waals surface area contributed by atoms with Crippen LogP contribution in [0.2, 0.25) is 0 Å². The first kappa shape index (κ1) is 12.9. The summed E-state index contributed by atoms with van der Waals surface area (Å²) in [5.41, 5.74) is 0.747. The molecule has 0 amide bonds. The molecule has 1 spiro atoms. The highest BCUT2D eigenvalue weighted by atomic mass is 19.1. The van der Waals surface area contributed by atoms with Crippen molar-refractivity contribution in [3.05, 3.63) is 29.6 Å². The minimum Gasteiger partial charge on any atom is -0.488 e. The maximum Gasteiger partial charge on any atom is 0.167 e. The number of halogens is 1. The molecule has 1 unspecified atom stereocenters. The van der Waals surface area contributed by atoms with Crippen molar-refractivity contribution in [3.8, 4) is 5.75 Å². The third-order valence-electron chi connectivity index (χ3n) is 4.43. The van der Waals surface area contributed by atoms with Gasteiger partial charge in [0.25, 0.3) is 0 Å². The Kier molecular flexibility index (Phi) is 3.48. The quantitative estimate of drug-likeness (QED) is 0.821. The Hall–Kier alpha value is -1.09. The van der Waals surface area contributed by atoms with Crippen LogP contribution in [0.3, 0.4) is 0 Å². The Morgan fingerprint density at radius 2 is 2.11 bits per heavy atom. The van der Waals surface area contributed by atoms with Gasteiger partial charge in [0.2, 0.25) is 0 Å². The molecule has 19 heavy (non-hydrogen) atoms. The molecule has 1 saturated carbocycles. The van der Waals surface area contributed by atoms with Gasteiger partial charge in [-0.1, -0.05) is 25.0 Å². The highest BCUT2D eigenvalue weighted by Crippen LogP contribution is 2.43. The second kappa shape index (κ2) is 5.12. The fraction of sp³-hybridized carbons (Fsp3) is 0.625. The summed E-state index contributed by atoms with van der Waals surface area (Å²) in [5, 5.41) is 0. The van der Waals surface area contributed by atoms with Gasteiger partial charge in [-0.25, -0.2) is 4.39 Å². The van der Waals surface area contributed by atoms with Crippen molar-refractivity contribution in [3.63, 3.8) is 0 Å². The maximum atomic E-state index is 13.8. The number of ether oxygens (including phenoxy) is 2. The monoisotopic (exact) mass is 264 g/mol. The lowest BCUT2D eigenvalue weighted by Gasteiger charge is -2.23. The summed E-state index contributed by atoms with van der Waals surface area (Å²) in [6.45, 7) is 2.21. The smallest absolute Gasteiger partial charge is 0.167 e. The average molecular weight is 264 g/mol. The predicted molar refractivity (Wildman–Crippen MR) is 71.9 cm³/mol. The first-order valence-corrected chi connectivity index (χ1v) is 7.24. The van der Waals surface area contributed by atoms with E-state index in [0.29, 0.717) is 17.9 Å². The van der Waals surface area contributed by atoms with Crippen LogP contribution in [0.4, 0.5) is 4.39 Å². The van der Waals surface area contributed by atoms with Gasteiger partial charge in [-0.3, -0.25) is 0 Å². The fourth-order valence-corrected chi connectivity index (χ4v) is 3.31. The third-order valence-corrected chi connectivity index (χ3v) is 4.43. The molecule has 1 saturated heterocycles. The van der Waals surface area contributed by atoms with Crippen molar-refractivity contribution in [2.45, 2.75) is 57.2 Å². The Morgan fingerprint density at radius 3 is 2.89 bits per heavy atom. The van der Waals surface area contributed by atoms with Crippen LogP contribution < -0.4 is 4.74 Å². The van der Waals surface area contributed by atoms with Crippen LogP contribution in [0.1, 0.15) is 44.1 Å². The van der Waals surface area contributed by atoms with Gasteiger partial charge < -0.3 is 9.47 Å². The lowest BCUT2D eigenvalue weighted by atomic mass is 9.98. The number of hydrogen-bond acceptors (Lipinski definition) is 2. The van der Waals surface area contributed by atoms with Crippen molar-refractivity contribution in [1.82, 2.24) is 0 Å². The minimum atomic E-state index is -0.254. The highest BCUT2D eigenvalue weighted by molar-refractivity contribution is 5.30. The van der Waals surface area contributed by atoms with E-state index < -0.39 is 0 Å². The molecule has 1 heterocycles. The summed E-state index contributed by atoms with van der Waals surface area (Å²) >= 11 is 0. The van der Waals surface area contributed by atoms with Crippen molar-refractivity contribution in [2.75, 3.05) is 6.61 Å². The van der Waals surface area contributed by atoms with Gasteiger partial charge in [-0.2, -0.15) is 0 Å². The lowest BCUT2D eigenvalue weighted by Crippen LogP contribution is -2.27. The average Bonchev–Trinajstić information content (AvgIpc) is 3.02.